The Balaban J connectivity index is 1.60. The lowest BCUT2D eigenvalue weighted by atomic mass is 10.1. The van der Waals surface area contributed by atoms with Crippen LogP contribution in [0.4, 0.5) is 13.9 Å². The molecule has 0 fully saturated rings. The fraction of sp³-hybridized carbons (Fsp3) is 0.105. The molecule has 5 nitrogen and oxygen atoms in total. The summed E-state index contributed by atoms with van der Waals surface area (Å²) < 4.78 is 28.4. The molecular weight excluding hydrogens is 370 g/mol. The van der Waals surface area contributed by atoms with Gasteiger partial charge in [-0.1, -0.05) is 0 Å². The maximum atomic E-state index is 13.5. The highest BCUT2D eigenvalue weighted by atomic mass is 32.1. The van der Waals surface area contributed by atoms with E-state index in [0.29, 0.717) is 22.0 Å². The van der Waals surface area contributed by atoms with Crippen LogP contribution in [0.15, 0.2) is 42.7 Å². The van der Waals surface area contributed by atoms with E-state index in [-0.39, 0.29) is 11.6 Å². The summed E-state index contributed by atoms with van der Waals surface area (Å²) >= 11 is 1.26. The van der Waals surface area contributed by atoms with Gasteiger partial charge in [-0.25, -0.2) is 18.7 Å². The molecule has 0 atom stereocenters. The van der Waals surface area contributed by atoms with Gasteiger partial charge in [-0.3, -0.25) is 10.1 Å². The first-order valence-corrected chi connectivity index (χ1v) is 8.92. The van der Waals surface area contributed by atoms with Crippen LogP contribution in [0.5, 0.6) is 0 Å². The number of amides is 1. The van der Waals surface area contributed by atoms with Crippen LogP contribution in [0.25, 0.3) is 16.9 Å². The molecule has 8 heteroatoms. The maximum Gasteiger partial charge on any atom is 0.277 e. The standard InChI is InChI=1S/C19H14F2N4OS/c1-10-5-6-25-9-15(22-16(25)7-10)18(26)24-19-23-17(11(2)27-19)12-3-4-13(20)14(21)8-12/h3-9H,1-2H3,(H,23,24,26). The van der Waals surface area contributed by atoms with Crippen molar-refractivity contribution in [1.82, 2.24) is 14.4 Å². The summed E-state index contributed by atoms with van der Waals surface area (Å²) in [6.07, 6.45) is 3.48. The second-order valence-corrected chi connectivity index (χ2v) is 7.31. The zero-order chi connectivity index (χ0) is 19.1. The smallest absolute Gasteiger partial charge is 0.277 e. The highest BCUT2D eigenvalue weighted by Gasteiger charge is 2.16. The Morgan fingerprint density at radius 2 is 1.93 bits per heavy atom. The highest BCUT2D eigenvalue weighted by molar-refractivity contribution is 7.16. The third-order valence-electron chi connectivity index (χ3n) is 4.06. The predicted octanol–water partition coefficient (Wildman–Crippen LogP) is 4.61. The summed E-state index contributed by atoms with van der Waals surface area (Å²) in [5.41, 5.74) is 2.94. The van der Waals surface area contributed by atoms with Gasteiger partial charge in [0.05, 0.1) is 5.69 Å². The van der Waals surface area contributed by atoms with Crippen molar-refractivity contribution in [2.24, 2.45) is 0 Å². The van der Waals surface area contributed by atoms with Crippen LogP contribution in [-0.2, 0) is 0 Å². The third-order valence-corrected chi connectivity index (χ3v) is 4.94. The van der Waals surface area contributed by atoms with Crippen LogP contribution in [0.1, 0.15) is 20.9 Å². The number of nitrogens with zero attached hydrogens (tertiary/aromatic N) is 3. The first kappa shape index (κ1) is 17.3. The molecule has 0 aliphatic heterocycles. The average molecular weight is 384 g/mol. The van der Waals surface area contributed by atoms with Gasteiger partial charge in [0.15, 0.2) is 16.8 Å². The summed E-state index contributed by atoms with van der Waals surface area (Å²) in [5.74, 6) is -2.24. The molecule has 1 amide bonds. The Kier molecular flexibility index (Phi) is 4.19. The number of nitrogens with one attached hydrogen (secondary N) is 1. The Morgan fingerprint density at radius 3 is 2.70 bits per heavy atom. The minimum atomic E-state index is -0.939. The molecule has 1 N–H and O–H groups in total. The molecular formula is C19H14F2N4OS. The lowest BCUT2D eigenvalue weighted by Gasteiger charge is -2.00. The molecule has 4 rings (SSSR count). The minimum Gasteiger partial charge on any atom is -0.306 e. The van der Waals surface area contributed by atoms with Crippen LogP contribution in [0.2, 0.25) is 0 Å². The van der Waals surface area contributed by atoms with Crippen LogP contribution < -0.4 is 5.32 Å². The molecule has 0 saturated heterocycles. The number of hydrogen-bond acceptors (Lipinski definition) is 4. The fourth-order valence-electron chi connectivity index (χ4n) is 2.72. The van der Waals surface area contributed by atoms with Crippen molar-refractivity contribution in [3.8, 4) is 11.3 Å². The number of aromatic nitrogens is 3. The van der Waals surface area contributed by atoms with E-state index in [1.54, 1.807) is 17.5 Å². The van der Waals surface area contributed by atoms with Gasteiger partial charge in [-0.05, 0) is 49.7 Å². The summed E-state index contributed by atoms with van der Waals surface area (Å²) in [6.45, 7) is 3.75. The van der Waals surface area contributed by atoms with Gasteiger partial charge < -0.3 is 4.40 Å². The summed E-state index contributed by atoms with van der Waals surface area (Å²) in [4.78, 5) is 21.9. The zero-order valence-electron chi connectivity index (χ0n) is 14.5. The second kappa shape index (κ2) is 6.55. The first-order valence-electron chi connectivity index (χ1n) is 8.10. The molecule has 27 heavy (non-hydrogen) atoms. The van der Waals surface area contributed by atoms with Crippen molar-refractivity contribution in [2.45, 2.75) is 13.8 Å². The summed E-state index contributed by atoms with van der Waals surface area (Å²) in [7, 11) is 0. The molecule has 0 bridgehead atoms. The van der Waals surface area contributed by atoms with Crippen LogP contribution in [0, 0.1) is 25.5 Å². The highest BCUT2D eigenvalue weighted by Crippen LogP contribution is 2.31. The van der Waals surface area contributed by atoms with Gasteiger partial charge >= 0.3 is 0 Å². The number of anilines is 1. The Labute approximate surface area is 157 Å². The SMILES string of the molecule is Cc1ccn2cc(C(=O)Nc3nc(-c4ccc(F)c(F)c4)c(C)s3)nc2c1. The predicted molar refractivity (Wildman–Crippen MR) is 100 cm³/mol. The molecule has 0 aliphatic carbocycles. The van der Waals surface area contributed by atoms with E-state index in [4.69, 9.17) is 0 Å². The average Bonchev–Trinajstić information content (AvgIpc) is 3.20. The molecule has 0 unspecified atom stereocenters. The number of benzene rings is 1. The number of hydrogen-bond donors (Lipinski definition) is 1. The van der Waals surface area contributed by atoms with Crippen molar-refractivity contribution < 1.29 is 13.6 Å². The van der Waals surface area contributed by atoms with Crippen molar-refractivity contribution in [3.63, 3.8) is 0 Å². The number of pyridine rings is 1. The van der Waals surface area contributed by atoms with Crippen LogP contribution in [0.3, 0.4) is 0 Å². The van der Waals surface area contributed by atoms with Crippen molar-refractivity contribution in [2.75, 3.05) is 5.32 Å². The maximum absolute atomic E-state index is 13.5. The number of halogens is 2. The van der Waals surface area contributed by atoms with E-state index < -0.39 is 11.6 Å². The molecule has 4 aromatic rings. The number of rotatable bonds is 3. The zero-order valence-corrected chi connectivity index (χ0v) is 15.3. The van der Waals surface area contributed by atoms with Gasteiger partial charge in [0.2, 0.25) is 0 Å². The normalized spacial score (nSPS) is 11.1. The van der Waals surface area contributed by atoms with E-state index in [1.165, 1.54) is 17.4 Å². The minimum absolute atomic E-state index is 0.267. The molecule has 0 aliphatic rings. The number of aryl methyl sites for hydroxylation is 2. The van der Waals surface area contributed by atoms with E-state index in [0.717, 1.165) is 22.6 Å². The molecule has 0 spiro atoms. The molecule has 3 aromatic heterocycles. The van der Waals surface area contributed by atoms with Gasteiger partial charge in [0, 0.05) is 22.8 Å². The van der Waals surface area contributed by atoms with Crippen LogP contribution >= 0.6 is 11.3 Å². The van der Waals surface area contributed by atoms with E-state index in [1.807, 2.05) is 25.3 Å². The van der Waals surface area contributed by atoms with Crippen molar-refractivity contribution >= 4 is 28.0 Å². The Bertz CT molecular complexity index is 1180. The van der Waals surface area contributed by atoms with Gasteiger partial charge in [-0.2, -0.15) is 0 Å². The van der Waals surface area contributed by atoms with Crippen molar-refractivity contribution in [1.29, 1.82) is 0 Å². The largest absolute Gasteiger partial charge is 0.306 e. The topological polar surface area (TPSA) is 59.3 Å². The van der Waals surface area contributed by atoms with Gasteiger partial charge in [0.25, 0.3) is 5.91 Å². The van der Waals surface area contributed by atoms with E-state index >= 15 is 0 Å². The van der Waals surface area contributed by atoms with E-state index in [9.17, 15) is 13.6 Å². The number of thiazole rings is 1. The monoisotopic (exact) mass is 384 g/mol. The quantitative estimate of drug-likeness (QED) is 0.561. The van der Waals surface area contributed by atoms with Gasteiger partial charge in [0.1, 0.15) is 11.3 Å². The Morgan fingerprint density at radius 1 is 1.11 bits per heavy atom. The number of imidazole rings is 1. The molecule has 0 radical (unpaired) electrons. The molecule has 0 saturated carbocycles. The summed E-state index contributed by atoms with van der Waals surface area (Å²) in [6, 6.07) is 7.41. The first-order chi connectivity index (χ1) is 12.9. The lowest BCUT2D eigenvalue weighted by molar-refractivity contribution is 0.102. The number of carbonyl (C=O) groups is 1. The third kappa shape index (κ3) is 3.31. The summed E-state index contributed by atoms with van der Waals surface area (Å²) in [5, 5.41) is 3.08. The number of fused-ring (bicyclic) bond motifs is 1. The fourth-order valence-corrected chi connectivity index (χ4v) is 3.55. The Hall–Kier alpha value is -3.13. The molecule has 1 aromatic carbocycles. The molecule has 3 heterocycles. The van der Waals surface area contributed by atoms with Crippen LogP contribution in [-0.4, -0.2) is 20.3 Å². The van der Waals surface area contributed by atoms with Crippen molar-refractivity contribution in [3.05, 3.63) is 70.5 Å². The lowest BCUT2D eigenvalue weighted by Crippen LogP contribution is -2.12. The number of carbonyl (C=O) groups excluding carboxylic acids is 1. The van der Waals surface area contributed by atoms with E-state index in [2.05, 4.69) is 15.3 Å². The second-order valence-electron chi connectivity index (χ2n) is 6.10. The van der Waals surface area contributed by atoms with Gasteiger partial charge in [-0.15, -0.1) is 11.3 Å². The molecule has 136 valence electrons.